The van der Waals surface area contributed by atoms with E-state index < -0.39 is 0 Å². The van der Waals surface area contributed by atoms with Gasteiger partial charge in [0.25, 0.3) is 0 Å². The SMILES string of the molecule is CC(C)C(C)OC(=O)C1CCNc2ccccc21. The van der Waals surface area contributed by atoms with Gasteiger partial charge in [-0.25, -0.2) is 0 Å². The maximum atomic E-state index is 12.2. The van der Waals surface area contributed by atoms with Crippen molar-refractivity contribution in [3.63, 3.8) is 0 Å². The normalized spacial score (nSPS) is 19.9. The van der Waals surface area contributed by atoms with Crippen LogP contribution in [0.1, 0.15) is 38.7 Å². The van der Waals surface area contributed by atoms with Crippen molar-refractivity contribution >= 4 is 11.7 Å². The Hall–Kier alpha value is -1.51. The van der Waals surface area contributed by atoms with E-state index in [-0.39, 0.29) is 18.0 Å². The minimum atomic E-state index is -0.122. The second-order valence-electron chi connectivity index (χ2n) is 5.24. The molecule has 2 unspecified atom stereocenters. The molecular formula is C15H21NO2. The Morgan fingerprint density at radius 3 is 2.78 bits per heavy atom. The van der Waals surface area contributed by atoms with Gasteiger partial charge in [0.2, 0.25) is 0 Å². The van der Waals surface area contributed by atoms with Crippen LogP contribution in [0.3, 0.4) is 0 Å². The Kier molecular flexibility index (Phi) is 3.90. The second kappa shape index (κ2) is 5.42. The smallest absolute Gasteiger partial charge is 0.313 e. The van der Waals surface area contributed by atoms with E-state index >= 15 is 0 Å². The molecule has 3 nitrogen and oxygen atoms in total. The van der Waals surface area contributed by atoms with Gasteiger partial charge in [-0.05, 0) is 30.9 Å². The standard InChI is InChI=1S/C15H21NO2/c1-10(2)11(3)18-15(17)13-8-9-16-14-7-5-4-6-12(13)14/h4-7,10-11,13,16H,8-9H2,1-3H3. The van der Waals surface area contributed by atoms with E-state index in [0.717, 1.165) is 24.2 Å². The molecule has 2 rings (SSSR count). The van der Waals surface area contributed by atoms with Gasteiger partial charge in [0.05, 0.1) is 5.92 Å². The van der Waals surface area contributed by atoms with Crippen LogP contribution in [0.25, 0.3) is 0 Å². The first-order chi connectivity index (χ1) is 8.59. The van der Waals surface area contributed by atoms with Gasteiger partial charge >= 0.3 is 5.97 Å². The van der Waals surface area contributed by atoms with Crippen LogP contribution in [0.2, 0.25) is 0 Å². The molecule has 1 heterocycles. The van der Waals surface area contributed by atoms with Crippen LogP contribution >= 0.6 is 0 Å². The number of hydrogen-bond acceptors (Lipinski definition) is 3. The zero-order chi connectivity index (χ0) is 13.1. The Morgan fingerprint density at radius 1 is 1.33 bits per heavy atom. The van der Waals surface area contributed by atoms with Crippen LogP contribution in [-0.2, 0) is 9.53 Å². The average molecular weight is 247 g/mol. The van der Waals surface area contributed by atoms with Gasteiger partial charge in [-0.15, -0.1) is 0 Å². The molecule has 0 spiro atoms. The third-order valence-corrected chi connectivity index (χ3v) is 3.61. The van der Waals surface area contributed by atoms with E-state index in [1.54, 1.807) is 0 Å². The largest absolute Gasteiger partial charge is 0.462 e. The number of carbonyl (C=O) groups is 1. The molecule has 0 aromatic heterocycles. The molecule has 0 fully saturated rings. The molecule has 1 aromatic carbocycles. The first kappa shape index (κ1) is 12.9. The van der Waals surface area contributed by atoms with Crippen molar-refractivity contribution in [3.05, 3.63) is 29.8 Å². The van der Waals surface area contributed by atoms with Crippen molar-refractivity contribution in [2.24, 2.45) is 5.92 Å². The highest BCUT2D eigenvalue weighted by atomic mass is 16.5. The van der Waals surface area contributed by atoms with Gasteiger partial charge < -0.3 is 10.1 Å². The van der Waals surface area contributed by atoms with E-state index in [2.05, 4.69) is 19.2 Å². The number of anilines is 1. The Balaban J connectivity index is 2.13. The lowest BCUT2D eigenvalue weighted by molar-refractivity contribution is -0.152. The molecule has 1 aliphatic rings. The number of benzene rings is 1. The summed E-state index contributed by atoms with van der Waals surface area (Å²) < 4.78 is 5.54. The summed E-state index contributed by atoms with van der Waals surface area (Å²) in [5.41, 5.74) is 2.12. The van der Waals surface area contributed by atoms with E-state index in [9.17, 15) is 4.79 Å². The molecule has 0 bridgehead atoms. The van der Waals surface area contributed by atoms with Crippen molar-refractivity contribution in [2.45, 2.75) is 39.2 Å². The topological polar surface area (TPSA) is 38.3 Å². The van der Waals surface area contributed by atoms with Crippen molar-refractivity contribution in [3.8, 4) is 0 Å². The molecule has 0 radical (unpaired) electrons. The summed E-state index contributed by atoms with van der Waals surface area (Å²) in [7, 11) is 0. The molecule has 98 valence electrons. The summed E-state index contributed by atoms with van der Waals surface area (Å²) >= 11 is 0. The summed E-state index contributed by atoms with van der Waals surface area (Å²) in [5.74, 6) is 0.139. The predicted molar refractivity (Wildman–Crippen MR) is 72.7 cm³/mol. The molecule has 0 amide bonds. The van der Waals surface area contributed by atoms with Gasteiger partial charge in [0, 0.05) is 12.2 Å². The fraction of sp³-hybridized carbons (Fsp3) is 0.533. The lowest BCUT2D eigenvalue weighted by Crippen LogP contribution is -2.28. The molecule has 1 N–H and O–H groups in total. The molecule has 18 heavy (non-hydrogen) atoms. The highest BCUT2D eigenvalue weighted by molar-refractivity contribution is 5.81. The third kappa shape index (κ3) is 2.66. The number of fused-ring (bicyclic) bond motifs is 1. The lowest BCUT2D eigenvalue weighted by atomic mass is 9.91. The van der Waals surface area contributed by atoms with Crippen LogP contribution in [0.4, 0.5) is 5.69 Å². The van der Waals surface area contributed by atoms with Crippen molar-refractivity contribution < 1.29 is 9.53 Å². The zero-order valence-corrected chi connectivity index (χ0v) is 11.3. The van der Waals surface area contributed by atoms with Crippen LogP contribution in [0, 0.1) is 5.92 Å². The number of hydrogen-bond donors (Lipinski definition) is 1. The van der Waals surface area contributed by atoms with E-state index in [1.807, 2.05) is 31.2 Å². The van der Waals surface area contributed by atoms with Gasteiger partial charge in [-0.3, -0.25) is 4.79 Å². The maximum absolute atomic E-state index is 12.2. The fourth-order valence-corrected chi connectivity index (χ4v) is 2.11. The first-order valence-electron chi connectivity index (χ1n) is 6.63. The van der Waals surface area contributed by atoms with Crippen LogP contribution in [0.15, 0.2) is 24.3 Å². The van der Waals surface area contributed by atoms with Crippen LogP contribution in [-0.4, -0.2) is 18.6 Å². The van der Waals surface area contributed by atoms with Crippen molar-refractivity contribution in [2.75, 3.05) is 11.9 Å². The molecule has 0 aliphatic carbocycles. The van der Waals surface area contributed by atoms with Gasteiger partial charge in [-0.2, -0.15) is 0 Å². The second-order valence-corrected chi connectivity index (χ2v) is 5.24. The number of carbonyl (C=O) groups excluding carboxylic acids is 1. The molecule has 0 saturated carbocycles. The Labute approximate surface area is 109 Å². The highest BCUT2D eigenvalue weighted by Crippen LogP contribution is 2.32. The number of nitrogens with one attached hydrogen (secondary N) is 1. The quantitative estimate of drug-likeness (QED) is 0.834. The van der Waals surface area contributed by atoms with Crippen LogP contribution < -0.4 is 5.32 Å². The minimum absolute atomic E-state index is 0.0282. The molecule has 3 heteroatoms. The lowest BCUT2D eigenvalue weighted by Gasteiger charge is -2.27. The predicted octanol–water partition coefficient (Wildman–Crippen LogP) is 3.17. The first-order valence-corrected chi connectivity index (χ1v) is 6.63. The Morgan fingerprint density at radius 2 is 2.06 bits per heavy atom. The average Bonchev–Trinajstić information content (AvgIpc) is 2.37. The third-order valence-electron chi connectivity index (χ3n) is 3.61. The summed E-state index contributed by atoms with van der Waals surface area (Å²) in [6.07, 6.45) is 0.778. The molecule has 1 aromatic rings. The number of para-hydroxylation sites is 1. The minimum Gasteiger partial charge on any atom is -0.462 e. The summed E-state index contributed by atoms with van der Waals surface area (Å²) in [4.78, 5) is 12.2. The van der Waals surface area contributed by atoms with Crippen molar-refractivity contribution in [1.29, 1.82) is 0 Å². The maximum Gasteiger partial charge on any atom is 0.313 e. The van der Waals surface area contributed by atoms with Crippen molar-refractivity contribution in [1.82, 2.24) is 0 Å². The highest BCUT2D eigenvalue weighted by Gasteiger charge is 2.28. The molecule has 0 saturated heterocycles. The van der Waals surface area contributed by atoms with Crippen LogP contribution in [0.5, 0.6) is 0 Å². The number of esters is 1. The Bertz CT molecular complexity index is 428. The van der Waals surface area contributed by atoms with E-state index in [4.69, 9.17) is 4.74 Å². The summed E-state index contributed by atoms with van der Waals surface area (Å²) in [5, 5.41) is 3.32. The zero-order valence-electron chi connectivity index (χ0n) is 11.3. The van der Waals surface area contributed by atoms with Gasteiger partial charge in [0.1, 0.15) is 6.10 Å². The van der Waals surface area contributed by atoms with E-state index in [0.29, 0.717) is 5.92 Å². The summed E-state index contributed by atoms with van der Waals surface area (Å²) in [6.45, 7) is 6.91. The number of ether oxygens (including phenoxy) is 1. The monoisotopic (exact) mass is 247 g/mol. The number of rotatable bonds is 3. The molecular weight excluding hydrogens is 226 g/mol. The fourth-order valence-electron chi connectivity index (χ4n) is 2.11. The molecule has 2 atom stereocenters. The van der Waals surface area contributed by atoms with Gasteiger partial charge in [-0.1, -0.05) is 32.0 Å². The van der Waals surface area contributed by atoms with E-state index in [1.165, 1.54) is 0 Å². The summed E-state index contributed by atoms with van der Waals surface area (Å²) in [6, 6.07) is 7.97. The van der Waals surface area contributed by atoms with Gasteiger partial charge in [0.15, 0.2) is 0 Å². The molecule has 1 aliphatic heterocycles.